The predicted octanol–water partition coefficient (Wildman–Crippen LogP) is 0.982. The summed E-state index contributed by atoms with van der Waals surface area (Å²) in [6.07, 6.45) is 9.09. The van der Waals surface area contributed by atoms with Crippen molar-refractivity contribution in [2.45, 2.75) is 31.7 Å². The fourth-order valence-corrected chi connectivity index (χ4v) is 2.62. The molecule has 0 aromatic rings. The average molecular weight is 280 g/mol. The molecular formula is C15H28N4O. The summed E-state index contributed by atoms with van der Waals surface area (Å²) < 4.78 is 5.35. The lowest BCUT2D eigenvalue weighted by atomic mass is 10.2. The SMILES string of the molecule is CN=C(NCCCCN1CCOCC1)NC1CC=CC1. The van der Waals surface area contributed by atoms with Gasteiger partial charge in [-0.1, -0.05) is 12.2 Å². The molecule has 1 aliphatic heterocycles. The monoisotopic (exact) mass is 280 g/mol. The number of unbranched alkanes of at least 4 members (excludes halogenated alkanes) is 1. The van der Waals surface area contributed by atoms with Crippen molar-refractivity contribution in [3.05, 3.63) is 12.2 Å². The highest BCUT2D eigenvalue weighted by Gasteiger charge is 2.11. The Balaban J connectivity index is 1.50. The van der Waals surface area contributed by atoms with E-state index >= 15 is 0 Å². The van der Waals surface area contributed by atoms with Gasteiger partial charge in [-0.15, -0.1) is 0 Å². The topological polar surface area (TPSA) is 48.9 Å². The second-order valence-electron chi connectivity index (χ2n) is 5.44. The van der Waals surface area contributed by atoms with Crippen LogP contribution in [0.4, 0.5) is 0 Å². The predicted molar refractivity (Wildman–Crippen MR) is 83.2 cm³/mol. The number of guanidine groups is 1. The van der Waals surface area contributed by atoms with Gasteiger partial charge in [-0.05, 0) is 32.2 Å². The fourth-order valence-electron chi connectivity index (χ4n) is 2.62. The molecule has 0 amide bonds. The number of rotatable bonds is 6. The van der Waals surface area contributed by atoms with Crippen LogP contribution in [0.5, 0.6) is 0 Å². The summed E-state index contributed by atoms with van der Waals surface area (Å²) >= 11 is 0. The van der Waals surface area contributed by atoms with E-state index in [4.69, 9.17) is 4.74 Å². The van der Waals surface area contributed by atoms with Gasteiger partial charge >= 0.3 is 0 Å². The van der Waals surface area contributed by atoms with Gasteiger partial charge in [0, 0.05) is 32.7 Å². The molecule has 2 rings (SSSR count). The highest BCUT2D eigenvalue weighted by Crippen LogP contribution is 2.08. The molecule has 1 heterocycles. The first-order valence-electron chi connectivity index (χ1n) is 7.81. The van der Waals surface area contributed by atoms with Gasteiger partial charge in [-0.25, -0.2) is 0 Å². The van der Waals surface area contributed by atoms with Gasteiger partial charge in [0.1, 0.15) is 0 Å². The average Bonchev–Trinajstić information content (AvgIpc) is 3.00. The van der Waals surface area contributed by atoms with E-state index in [1.807, 2.05) is 7.05 Å². The van der Waals surface area contributed by atoms with E-state index in [2.05, 4.69) is 32.7 Å². The minimum absolute atomic E-state index is 0.523. The highest BCUT2D eigenvalue weighted by atomic mass is 16.5. The third-order valence-corrected chi connectivity index (χ3v) is 3.87. The van der Waals surface area contributed by atoms with Crippen molar-refractivity contribution < 1.29 is 4.74 Å². The van der Waals surface area contributed by atoms with Gasteiger partial charge in [-0.3, -0.25) is 9.89 Å². The summed E-state index contributed by atoms with van der Waals surface area (Å²) in [5.41, 5.74) is 0. The maximum Gasteiger partial charge on any atom is 0.191 e. The van der Waals surface area contributed by atoms with Gasteiger partial charge in [0.05, 0.1) is 13.2 Å². The van der Waals surface area contributed by atoms with E-state index in [-0.39, 0.29) is 0 Å². The van der Waals surface area contributed by atoms with Crippen molar-refractivity contribution >= 4 is 5.96 Å². The lowest BCUT2D eigenvalue weighted by Gasteiger charge is -2.26. The molecule has 0 aromatic carbocycles. The highest BCUT2D eigenvalue weighted by molar-refractivity contribution is 5.80. The first-order chi connectivity index (χ1) is 9.88. The Morgan fingerprint density at radius 1 is 1.25 bits per heavy atom. The summed E-state index contributed by atoms with van der Waals surface area (Å²) in [4.78, 5) is 6.77. The largest absolute Gasteiger partial charge is 0.379 e. The molecule has 2 N–H and O–H groups in total. The molecule has 1 aliphatic carbocycles. The van der Waals surface area contributed by atoms with Gasteiger partial charge in [0.25, 0.3) is 0 Å². The Hall–Kier alpha value is -1.07. The van der Waals surface area contributed by atoms with Crippen LogP contribution in [0.15, 0.2) is 17.1 Å². The standard InChI is InChI=1S/C15H28N4O/c1-16-15(18-14-6-2-3-7-14)17-8-4-5-9-19-10-12-20-13-11-19/h2-3,14H,4-13H2,1H3,(H2,16,17,18). The third kappa shape index (κ3) is 5.51. The first-order valence-corrected chi connectivity index (χ1v) is 7.81. The first kappa shape index (κ1) is 15.3. The van der Waals surface area contributed by atoms with Crippen LogP contribution in [-0.4, -0.2) is 63.3 Å². The molecule has 0 aromatic heterocycles. The van der Waals surface area contributed by atoms with Crippen molar-refractivity contribution in [1.82, 2.24) is 15.5 Å². The summed E-state index contributed by atoms with van der Waals surface area (Å²) in [7, 11) is 1.84. The van der Waals surface area contributed by atoms with Crippen LogP contribution < -0.4 is 10.6 Å². The van der Waals surface area contributed by atoms with E-state index in [1.54, 1.807) is 0 Å². The zero-order chi connectivity index (χ0) is 14.0. The lowest BCUT2D eigenvalue weighted by molar-refractivity contribution is 0.0372. The molecule has 0 unspecified atom stereocenters. The van der Waals surface area contributed by atoms with Crippen molar-refractivity contribution in [2.24, 2.45) is 4.99 Å². The minimum Gasteiger partial charge on any atom is -0.379 e. The molecule has 0 radical (unpaired) electrons. The van der Waals surface area contributed by atoms with Crippen LogP contribution in [0.25, 0.3) is 0 Å². The zero-order valence-corrected chi connectivity index (χ0v) is 12.6. The molecule has 0 spiro atoms. The summed E-state index contributed by atoms with van der Waals surface area (Å²) in [6, 6.07) is 0.523. The second-order valence-corrected chi connectivity index (χ2v) is 5.44. The quantitative estimate of drug-likeness (QED) is 0.330. The summed E-state index contributed by atoms with van der Waals surface area (Å²) in [5, 5.41) is 6.86. The van der Waals surface area contributed by atoms with E-state index < -0.39 is 0 Å². The lowest BCUT2D eigenvalue weighted by Crippen LogP contribution is -2.43. The number of aliphatic imine (C=N–C) groups is 1. The molecule has 1 saturated heterocycles. The second kappa shape index (κ2) is 8.97. The van der Waals surface area contributed by atoms with Crippen LogP contribution in [0.3, 0.4) is 0 Å². The minimum atomic E-state index is 0.523. The number of morpholine rings is 1. The fraction of sp³-hybridized carbons (Fsp3) is 0.800. The van der Waals surface area contributed by atoms with Crippen molar-refractivity contribution in [2.75, 3.05) is 46.4 Å². The van der Waals surface area contributed by atoms with Crippen LogP contribution in [-0.2, 0) is 4.74 Å². The maximum absolute atomic E-state index is 5.35. The number of hydrogen-bond donors (Lipinski definition) is 2. The van der Waals surface area contributed by atoms with Gasteiger partial charge < -0.3 is 15.4 Å². The summed E-state index contributed by atoms with van der Waals surface area (Å²) in [5.74, 6) is 0.935. The van der Waals surface area contributed by atoms with E-state index in [0.717, 1.165) is 51.6 Å². The normalized spacial score (nSPS) is 21.4. The molecule has 1 fully saturated rings. The number of nitrogens with zero attached hydrogens (tertiary/aromatic N) is 2. The molecule has 20 heavy (non-hydrogen) atoms. The van der Waals surface area contributed by atoms with Crippen molar-refractivity contribution in [3.8, 4) is 0 Å². The Morgan fingerprint density at radius 3 is 2.70 bits per heavy atom. The Labute approximate surface area is 122 Å². The molecule has 114 valence electrons. The summed E-state index contributed by atoms with van der Waals surface area (Å²) in [6.45, 7) is 6.14. The Kier molecular flexibility index (Phi) is 6.88. The van der Waals surface area contributed by atoms with Gasteiger partial charge in [0.2, 0.25) is 0 Å². The van der Waals surface area contributed by atoms with Crippen LogP contribution in [0, 0.1) is 0 Å². The Morgan fingerprint density at radius 2 is 2.00 bits per heavy atom. The maximum atomic E-state index is 5.35. The molecule has 0 atom stereocenters. The smallest absolute Gasteiger partial charge is 0.191 e. The van der Waals surface area contributed by atoms with Crippen LogP contribution in [0.1, 0.15) is 25.7 Å². The third-order valence-electron chi connectivity index (χ3n) is 3.87. The number of nitrogens with one attached hydrogen (secondary N) is 2. The van der Waals surface area contributed by atoms with Crippen molar-refractivity contribution in [1.29, 1.82) is 0 Å². The molecule has 2 aliphatic rings. The molecule has 0 saturated carbocycles. The van der Waals surface area contributed by atoms with E-state index in [0.29, 0.717) is 6.04 Å². The zero-order valence-electron chi connectivity index (χ0n) is 12.6. The van der Waals surface area contributed by atoms with Gasteiger partial charge in [-0.2, -0.15) is 0 Å². The molecule has 0 bridgehead atoms. The molecule has 5 nitrogen and oxygen atoms in total. The van der Waals surface area contributed by atoms with Crippen molar-refractivity contribution in [3.63, 3.8) is 0 Å². The van der Waals surface area contributed by atoms with E-state index in [1.165, 1.54) is 19.4 Å². The van der Waals surface area contributed by atoms with Crippen LogP contribution in [0.2, 0.25) is 0 Å². The van der Waals surface area contributed by atoms with Crippen LogP contribution >= 0.6 is 0 Å². The number of ether oxygens (including phenoxy) is 1. The number of hydrogen-bond acceptors (Lipinski definition) is 3. The molecular weight excluding hydrogens is 252 g/mol. The molecule has 5 heteroatoms. The van der Waals surface area contributed by atoms with Gasteiger partial charge in [0.15, 0.2) is 5.96 Å². The Bertz CT molecular complexity index is 316. The van der Waals surface area contributed by atoms with E-state index in [9.17, 15) is 0 Å².